The fourth-order valence-corrected chi connectivity index (χ4v) is 3.59. The van der Waals surface area contributed by atoms with Crippen molar-refractivity contribution in [3.05, 3.63) is 71.2 Å². The second-order valence-electron chi connectivity index (χ2n) is 7.40. The Kier molecular flexibility index (Phi) is 6.61. The molecule has 0 radical (unpaired) electrons. The number of rotatable bonds is 7. The topological polar surface area (TPSA) is 112 Å². The number of methoxy groups -OCH3 is 2. The number of carbonyl (C=O) groups is 1. The molecule has 0 aliphatic carbocycles. The molecular formula is C24H21F3N4O4. The molecule has 2 aromatic carbocycles. The van der Waals surface area contributed by atoms with Gasteiger partial charge in [-0.1, -0.05) is 18.2 Å². The number of alkyl halides is 3. The van der Waals surface area contributed by atoms with Gasteiger partial charge in [0.1, 0.15) is 22.7 Å². The lowest BCUT2D eigenvalue weighted by Crippen LogP contribution is -2.25. The number of fused-ring (bicyclic) bond motifs is 1. The van der Waals surface area contributed by atoms with E-state index in [1.807, 2.05) is 18.2 Å². The number of amides is 1. The van der Waals surface area contributed by atoms with Crippen LogP contribution in [0.15, 0.2) is 52.9 Å². The van der Waals surface area contributed by atoms with Crippen molar-refractivity contribution in [3.8, 4) is 23.0 Å². The summed E-state index contributed by atoms with van der Waals surface area (Å²) in [5.41, 5.74) is 5.75. The second kappa shape index (κ2) is 9.63. The molecule has 3 N–H and O–H groups in total. The molecule has 0 saturated carbocycles. The average Bonchev–Trinajstić information content (AvgIpc) is 3.30. The van der Waals surface area contributed by atoms with Gasteiger partial charge in [-0.25, -0.2) is 9.97 Å². The lowest BCUT2D eigenvalue weighted by molar-refractivity contribution is -0.140. The fourth-order valence-electron chi connectivity index (χ4n) is 3.59. The molecule has 2 aromatic heterocycles. The van der Waals surface area contributed by atoms with E-state index in [1.165, 1.54) is 26.4 Å². The van der Waals surface area contributed by atoms with E-state index in [4.69, 9.17) is 19.6 Å². The largest absolute Gasteiger partial charge is 0.496 e. The zero-order chi connectivity index (χ0) is 25.2. The smallest absolute Gasteiger partial charge is 0.433 e. The molecule has 35 heavy (non-hydrogen) atoms. The van der Waals surface area contributed by atoms with Crippen LogP contribution in [0.5, 0.6) is 11.5 Å². The number of halogens is 3. The first-order valence-electron chi connectivity index (χ1n) is 10.4. The van der Waals surface area contributed by atoms with Crippen molar-refractivity contribution < 1.29 is 31.9 Å². The summed E-state index contributed by atoms with van der Waals surface area (Å²) in [6.07, 6.45) is -4.63. The lowest BCUT2D eigenvalue weighted by Gasteiger charge is -2.11. The van der Waals surface area contributed by atoms with E-state index in [1.54, 1.807) is 12.1 Å². The Morgan fingerprint density at radius 3 is 2.46 bits per heavy atom. The number of nitrogens with one attached hydrogen (secondary N) is 1. The third-order valence-electron chi connectivity index (χ3n) is 5.29. The quantitative estimate of drug-likeness (QED) is 0.400. The summed E-state index contributed by atoms with van der Waals surface area (Å²) in [5, 5.41) is 3.06. The number of benzene rings is 2. The summed E-state index contributed by atoms with van der Waals surface area (Å²) in [6.45, 7) is 0.0552. The number of para-hydroxylation sites is 1. The first kappa shape index (κ1) is 24.0. The predicted molar refractivity (Wildman–Crippen MR) is 121 cm³/mol. The molecule has 4 aromatic rings. The predicted octanol–water partition coefficient (Wildman–Crippen LogP) is 4.31. The molecule has 11 heteroatoms. The fraction of sp³-hybridized carbons (Fsp3) is 0.208. The van der Waals surface area contributed by atoms with Gasteiger partial charge in [-0.3, -0.25) is 4.79 Å². The van der Waals surface area contributed by atoms with Crippen LogP contribution in [0.1, 0.15) is 27.5 Å². The third-order valence-corrected chi connectivity index (χ3v) is 5.29. The van der Waals surface area contributed by atoms with Crippen LogP contribution in [0.4, 0.5) is 13.2 Å². The van der Waals surface area contributed by atoms with Crippen molar-refractivity contribution >= 4 is 16.8 Å². The van der Waals surface area contributed by atoms with E-state index < -0.39 is 17.8 Å². The number of oxazole rings is 1. The van der Waals surface area contributed by atoms with Crippen LogP contribution in [0.25, 0.3) is 22.4 Å². The highest BCUT2D eigenvalue weighted by Gasteiger charge is 2.33. The van der Waals surface area contributed by atoms with Gasteiger partial charge in [0.25, 0.3) is 5.91 Å². The number of carbonyl (C=O) groups excluding carboxylic acids is 1. The number of nitrogens with zero attached hydrogens (tertiary/aromatic N) is 2. The van der Waals surface area contributed by atoms with Crippen molar-refractivity contribution in [2.75, 3.05) is 14.2 Å². The monoisotopic (exact) mass is 486 g/mol. The zero-order valence-electron chi connectivity index (χ0n) is 18.8. The Morgan fingerprint density at radius 2 is 1.77 bits per heavy atom. The third kappa shape index (κ3) is 4.76. The highest BCUT2D eigenvalue weighted by Crippen LogP contribution is 2.37. The normalized spacial score (nSPS) is 11.5. The molecule has 0 aliphatic rings. The number of aromatic nitrogens is 2. The molecule has 0 aliphatic heterocycles. The second-order valence-corrected chi connectivity index (χ2v) is 7.40. The Bertz CT molecular complexity index is 1390. The Balaban J connectivity index is 1.70. The maximum atomic E-state index is 13.2. The summed E-state index contributed by atoms with van der Waals surface area (Å²) >= 11 is 0. The Labute approximate surface area is 197 Å². The summed E-state index contributed by atoms with van der Waals surface area (Å²) < 4.78 is 55.8. The molecular weight excluding hydrogens is 465 g/mol. The summed E-state index contributed by atoms with van der Waals surface area (Å²) in [6, 6.07) is 12.4. The van der Waals surface area contributed by atoms with Crippen LogP contribution in [-0.4, -0.2) is 30.1 Å². The van der Waals surface area contributed by atoms with Crippen molar-refractivity contribution in [1.29, 1.82) is 0 Å². The minimum absolute atomic E-state index is 0.0158. The van der Waals surface area contributed by atoms with Gasteiger partial charge < -0.3 is 24.9 Å². The summed E-state index contributed by atoms with van der Waals surface area (Å²) in [7, 11) is 2.86. The molecule has 8 nitrogen and oxygen atoms in total. The molecule has 0 bridgehead atoms. The van der Waals surface area contributed by atoms with Crippen LogP contribution >= 0.6 is 0 Å². The van der Waals surface area contributed by atoms with E-state index in [0.717, 1.165) is 11.6 Å². The molecule has 0 atom stereocenters. The standard InChI is InChI=1S/C24H21F3N4O4/c1-33-16-6-4-3-5-13(16)12-29-22(32)21-18(11-28)35-23(31-21)15-7-9-17(34-2)20-14(15)8-10-19(30-20)24(25,26)27/h3-10H,11-12,28H2,1-2H3,(H,29,32). The average molecular weight is 486 g/mol. The molecule has 0 saturated heterocycles. The zero-order valence-corrected chi connectivity index (χ0v) is 18.8. The summed E-state index contributed by atoms with van der Waals surface area (Å²) in [5.74, 6) is 0.378. The van der Waals surface area contributed by atoms with Gasteiger partial charge in [-0.05, 0) is 30.3 Å². The number of ether oxygens (including phenoxy) is 2. The number of hydrogen-bond acceptors (Lipinski definition) is 7. The van der Waals surface area contributed by atoms with Gasteiger partial charge in [0.2, 0.25) is 5.89 Å². The van der Waals surface area contributed by atoms with E-state index in [9.17, 15) is 18.0 Å². The Hall–Kier alpha value is -4.12. The molecule has 1 amide bonds. The van der Waals surface area contributed by atoms with Crippen molar-refractivity contribution in [3.63, 3.8) is 0 Å². The van der Waals surface area contributed by atoms with E-state index in [-0.39, 0.29) is 41.7 Å². The molecule has 182 valence electrons. The molecule has 4 rings (SSSR count). The lowest BCUT2D eigenvalue weighted by atomic mass is 10.1. The van der Waals surface area contributed by atoms with Crippen molar-refractivity contribution in [1.82, 2.24) is 15.3 Å². The van der Waals surface area contributed by atoms with Gasteiger partial charge in [0, 0.05) is 23.1 Å². The first-order valence-corrected chi connectivity index (χ1v) is 10.4. The van der Waals surface area contributed by atoms with Crippen molar-refractivity contribution in [2.45, 2.75) is 19.3 Å². The maximum Gasteiger partial charge on any atom is 0.433 e. The van der Waals surface area contributed by atoms with E-state index >= 15 is 0 Å². The first-order chi connectivity index (χ1) is 16.8. The van der Waals surface area contributed by atoms with Crippen LogP contribution in [-0.2, 0) is 19.3 Å². The van der Waals surface area contributed by atoms with Gasteiger partial charge in [-0.2, -0.15) is 13.2 Å². The van der Waals surface area contributed by atoms with Crippen LogP contribution in [0.2, 0.25) is 0 Å². The van der Waals surface area contributed by atoms with E-state index in [0.29, 0.717) is 16.7 Å². The molecule has 0 unspecified atom stereocenters. The van der Waals surface area contributed by atoms with Gasteiger partial charge in [0.05, 0.1) is 20.8 Å². The number of nitrogens with two attached hydrogens (primary N) is 1. The minimum atomic E-state index is -4.63. The Morgan fingerprint density at radius 1 is 1.03 bits per heavy atom. The van der Waals surface area contributed by atoms with Gasteiger partial charge >= 0.3 is 6.18 Å². The highest BCUT2D eigenvalue weighted by molar-refractivity contribution is 5.98. The van der Waals surface area contributed by atoms with Gasteiger partial charge in [0.15, 0.2) is 11.5 Å². The van der Waals surface area contributed by atoms with Crippen LogP contribution in [0.3, 0.4) is 0 Å². The molecule has 0 fully saturated rings. The maximum absolute atomic E-state index is 13.2. The van der Waals surface area contributed by atoms with E-state index in [2.05, 4.69) is 15.3 Å². The van der Waals surface area contributed by atoms with Crippen LogP contribution in [0, 0.1) is 0 Å². The minimum Gasteiger partial charge on any atom is -0.496 e. The molecule has 0 spiro atoms. The number of hydrogen-bond donors (Lipinski definition) is 2. The summed E-state index contributed by atoms with van der Waals surface area (Å²) in [4.78, 5) is 20.9. The van der Waals surface area contributed by atoms with Crippen LogP contribution < -0.4 is 20.5 Å². The highest BCUT2D eigenvalue weighted by atomic mass is 19.4. The SMILES string of the molecule is COc1ccccc1CNC(=O)c1nc(-c2ccc(OC)c3nc(C(F)(F)F)ccc23)oc1CN. The molecule has 2 heterocycles. The van der Waals surface area contributed by atoms with Gasteiger partial charge in [-0.15, -0.1) is 0 Å². The van der Waals surface area contributed by atoms with Crippen molar-refractivity contribution in [2.24, 2.45) is 5.73 Å². The number of pyridine rings is 1.